The Morgan fingerprint density at radius 2 is 1.88 bits per heavy atom. The summed E-state index contributed by atoms with van der Waals surface area (Å²) in [6, 6.07) is 12.1. The highest BCUT2D eigenvalue weighted by Crippen LogP contribution is 2.33. The van der Waals surface area contributed by atoms with Crippen LogP contribution < -0.4 is 10.1 Å². The van der Waals surface area contributed by atoms with Crippen LogP contribution in [0.25, 0.3) is 0 Å². The first-order valence-corrected chi connectivity index (χ1v) is 8.16. The zero-order valence-electron chi connectivity index (χ0n) is 12.5. The SMILES string of the molecule is O=Cc1c(Cl)ncnc1Nc1ccc(Oc2cccc(Cl)c2)c(Cl)c1. The Bertz CT molecular complexity index is 935. The van der Waals surface area contributed by atoms with Crippen molar-refractivity contribution in [1.29, 1.82) is 0 Å². The predicted molar refractivity (Wildman–Crippen MR) is 98.7 cm³/mol. The van der Waals surface area contributed by atoms with Crippen molar-refractivity contribution in [2.24, 2.45) is 0 Å². The number of hydrogen-bond donors (Lipinski definition) is 1. The van der Waals surface area contributed by atoms with Crippen LogP contribution >= 0.6 is 34.8 Å². The average molecular weight is 395 g/mol. The summed E-state index contributed by atoms with van der Waals surface area (Å²) in [5, 5.41) is 3.98. The van der Waals surface area contributed by atoms with Gasteiger partial charge in [0.2, 0.25) is 0 Å². The van der Waals surface area contributed by atoms with Crippen LogP contribution in [0, 0.1) is 0 Å². The van der Waals surface area contributed by atoms with E-state index in [2.05, 4.69) is 15.3 Å². The number of benzene rings is 2. The number of ether oxygens (including phenoxy) is 1. The summed E-state index contributed by atoms with van der Waals surface area (Å²) >= 11 is 18.1. The average Bonchev–Trinajstić information content (AvgIpc) is 2.58. The van der Waals surface area contributed by atoms with Gasteiger partial charge < -0.3 is 10.1 Å². The molecule has 3 aromatic rings. The highest BCUT2D eigenvalue weighted by atomic mass is 35.5. The number of anilines is 2. The Labute approximate surface area is 158 Å². The second-order valence-corrected chi connectivity index (χ2v) is 6.08. The van der Waals surface area contributed by atoms with Crippen molar-refractivity contribution >= 4 is 52.6 Å². The zero-order valence-corrected chi connectivity index (χ0v) is 14.8. The molecule has 0 aliphatic carbocycles. The lowest BCUT2D eigenvalue weighted by Crippen LogP contribution is -2.00. The molecule has 0 aliphatic heterocycles. The molecule has 0 atom stereocenters. The Balaban J connectivity index is 1.83. The van der Waals surface area contributed by atoms with Crippen LogP contribution in [0.1, 0.15) is 10.4 Å². The first-order valence-electron chi connectivity index (χ1n) is 7.02. The third-order valence-corrected chi connectivity index (χ3v) is 4.00. The van der Waals surface area contributed by atoms with Crippen molar-refractivity contribution in [3.63, 3.8) is 0 Å². The minimum atomic E-state index is 0.0690. The van der Waals surface area contributed by atoms with Gasteiger partial charge in [-0.25, -0.2) is 9.97 Å². The number of carbonyl (C=O) groups excluding carboxylic acids is 1. The Kier molecular flexibility index (Phi) is 5.38. The highest BCUT2D eigenvalue weighted by molar-refractivity contribution is 6.33. The van der Waals surface area contributed by atoms with Crippen molar-refractivity contribution in [2.45, 2.75) is 0 Å². The van der Waals surface area contributed by atoms with Gasteiger partial charge >= 0.3 is 0 Å². The van der Waals surface area contributed by atoms with E-state index in [0.29, 0.717) is 33.5 Å². The number of aromatic nitrogens is 2. The molecular weight excluding hydrogens is 385 g/mol. The van der Waals surface area contributed by atoms with Crippen LogP contribution in [0.3, 0.4) is 0 Å². The number of aldehydes is 1. The molecule has 126 valence electrons. The van der Waals surface area contributed by atoms with Crippen LogP contribution in [0.5, 0.6) is 11.5 Å². The molecule has 1 aromatic heterocycles. The van der Waals surface area contributed by atoms with Gasteiger partial charge in [-0.05, 0) is 36.4 Å². The maximum atomic E-state index is 11.1. The molecule has 5 nitrogen and oxygen atoms in total. The Hall–Kier alpha value is -2.34. The minimum Gasteiger partial charge on any atom is -0.456 e. The van der Waals surface area contributed by atoms with Crippen molar-refractivity contribution in [3.05, 3.63) is 69.6 Å². The van der Waals surface area contributed by atoms with Crippen molar-refractivity contribution in [2.75, 3.05) is 5.32 Å². The maximum Gasteiger partial charge on any atom is 0.156 e. The fourth-order valence-electron chi connectivity index (χ4n) is 2.03. The number of nitrogens with one attached hydrogen (secondary N) is 1. The van der Waals surface area contributed by atoms with Crippen molar-refractivity contribution in [1.82, 2.24) is 9.97 Å². The zero-order chi connectivity index (χ0) is 17.8. The predicted octanol–water partition coefficient (Wildman–Crippen LogP) is 5.79. The normalized spacial score (nSPS) is 10.4. The molecule has 1 heterocycles. The van der Waals surface area contributed by atoms with E-state index < -0.39 is 0 Å². The summed E-state index contributed by atoms with van der Waals surface area (Å²) in [5.74, 6) is 1.32. The summed E-state index contributed by atoms with van der Waals surface area (Å²) < 4.78 is 5.71. The molecule has 0 saturated carbocycles. The molecule has 25 heavy (non-hydrogen) atoms. The molecule has 0 spiro atoms. The first kappa shape index (κ1) is 17.5. The first-order chi connectivity index (χ1) is 12.1. The summed E-state index contributed by atoms with van der Waals surface area (Å²) in [6.07, 6.45) is 1.85. The van der Waals surface area contributed by atoms with Gasteiger partial charge in [0.15, 0.2) is 6.29 Å². The molecule has 8 heteroatoms. The monoisotopic (exact) mass is 393 g/mol. The standard InChI is InChI=1S/C17H10Cl3N3O2/c18-10-2-1-3-12(6-10)25-15-5-4-11(7-14(15)19)23-17-13(8-24)16(20)21-9-22-17/h1-9H,(H,21,22,23). The molecule has 2 aromatic carbocycles. The lowest BCUT2D eigenvalue weighted by molar-refractivity contribution is 0.112. The number of rotatable bonds is 5. The summed E-state index contributed by atoms with van der Waals surface area (Å²) in [7, 11) is 0. The van der Waals surface area contributed by atoms with Gasteiger partial charge in [0.1, 0.15) is 28.8 Å². The van der Waals surface area contributed by atoms with Crippen molar-refractivity contribution in [3.8, 4) is 11.5 Å². The molecule has 1 N–H and O–H groups in total. The molecule has 0 aliphatic rings. The number of halogens is 3. The van der Waals surface area contributed by atoms with Crippen LogP contribution in [-0.4, -0.2) is 16.3 Å². The van der Waals surface area contributed by atoms with Crippen LogP contribution in [0.2, 0.25) is 15.2 Å². The van der Waals surface area contributed by atoms with Crippen LogP contribution in [0.15, 0.2) is 48.8 Å². The van der Waals surface area contributed by atoms with E-state index in [1.54, 1.807) is 42.5 Å². The van der Waals surface area contributed by atoms with Gasteiger partial charge in [0.25, 0.3) is 0 Å². The maximum absolute atomic E-state index is 11.1. The smallest absolute Gasteiger partial charge is 0.156 e. The van der Waals surface area contributed by atoms with Gasteiger partial charge in [-0.1, -0.05) is 40.9 Å². The highest BCUT2D eigenvalue weighted by Gasteiger charge is 2.11. The van der Waals surface area contributed by atoms with E-state index in [9.17, 15) is 4.79 Å². The van der Waals surface area contributed by atoms with Crippen LogP contribution in [-0.2, 0) is 0 Å². The second-order valence-electron chi connectivity index (χ2n) is 4.87. The van der Waals surface area contributed by atoms with Gasteiger partial charge in [-0.2, -0.15) is 0 Å². The summed E-state index contributed by atoms with van der Waals surface area (Å²) in [5.41, 5.74) is 0.779. The van der Waals surface area contributed by atoms with Gasteiger partial charge in [0, 0.05) is 10.7 Å². The lowest BCUT2D eigenvalue weighted by atomic mass is 10.2. The number of hydrogen-bond acceptors (Lipinski definition) is 5. The quantitative estimate of drug-likeness (QED) is 0.438. The topological polar surface area (TPSA) is 64.1 Å². The summed E-state index contributed by atoms with van der Waals surface area (Å²) in [6.45, 7) is 0. The second kappa shape index (κ2) is 7.70. The lowest BCUT2D eigenvalue weighted by Gasteiger charge is -2.11. The van der Waals surface area contributed by atoms with Gasteiger partial charge in [-0.3, -0.25) is 4.79 Å². The Morgan fingerprint density at radius 3 is 2.60 bits per heavy atom. The fraction of sp³-hybridized carbons (Fsp3) is 0. The van der Waals surface area contributed by atoms with E-state index in [0.717, 1.165) is 0 Å². The molecule has 0 saturated heterocycles. The molecular formula is C17H10Cl3N3O2. The van der Waals surface area contributed by atoms with E-state index in [-0.39, 0.29) is 16.5 Å². The number of nitrogens with zero attached hydrogens (tertiary/aromatic N) is 2. The molecule has 3 rings (SSSR count). The van der Waals surface area contributed by atoms with Crippen molar-refractivity contribution < 1.29 is 9.53 Å². The third-order valence-electron chi connectivity index (χ3n) is 3.17. The third kappa shape index (κ3) is 4.20. The number of carbonyl (C=O) groups is 1. The largest absolute Gasteiger partial charge is 0.456 e. The molecule has 0 bridgehead atoms. The minimum absolute atomic E-state index is 0.0690. The molecule has 0 unspecified atom stereocenters. The van der Waals surface area contributed by atoms with Gasteiger partial charge in [0.05, 0.1) is 10.6 Å². The fourth-order valence-corrected chi connectivity index (χ4v) is 2.61. The van der Waals surface area contributed by atoms with E-state index in [1.807, 2.05) is 0 Å². The molecule has 0 fully saturated rings. The van der Waals surface area contributed by atoms with Gasteiger partial charge in [-0.15, -0.1) is 0 Å². The molecule has 0 amide bonds. The van der Waals surface area contributed by atoms with E-state index in [1.165, 1.54) is 6.33 Å². The summed E-state index contributed by atoms with van der Waals surface area (Å²) in [4.78, 5) is 18.9. The van der Waals surface area contributed by atoms with Crippen LogP contribution in [0.4, 0.5) is 11.5 Å². The van der Waals surface area contributed by atoms with E-state index >= 15 is 0 Å². The molecule has 0 radical (unpaired) electrons. The Morgan fingerprint density at radius 1 is 1.04 bits per heavy atom. The van der Waals surface area contributed by atoms with E-state index in [4.69, 9.17) is 39.5 Å².